The van der Waals surface area contributed by atoms with Crippen LogP contribution in [0.4, 0.5) is 11.4 Å². The van der Waals surface area contributed by atoms with Crippen LogP contribution in [0.25, 0.3) is 0 Å². The van der Waals surface area contributed by atoms with Gasteiger partial charge in [-0.1, -0.05) is 0 Å². The average molecular weight is 266 g/mol. The van der Waals surface area contributed by atoms with Crippen LogP contribution in [0.2, 0.25) is 0 Å². The summed E-state index contributed by atoms with van der Waals surface area (Å²) in [6.07, 6.45) is 1.76. The molecule has 0 atom stereocenters. The van der Waals surface area contributed by atoms with Gasteiger partial charge in [-0.15, -0.1) is 0 Å². The van der Waals surface area contributed by atoms with Crippen molar-refractivity contribution >= 4 is 17.3 Å². The van der Waals surface area contributed by atoms with E-state index in [-0.39, 0.29) is 23.4 Å². The Bertz CT molecular complexity index is 511. The predicted molar refractivity (Wildman–Crippen MR) is 67.5 cm³/mol. The lowest BCUT2D eigenvalue weighted by molar-refractivity contribution is -0.384. The summed E-state index contributed by atoms with van der Waals surface area (Å²) in [5, 5.41) is 22.8. The SMILES string of the molecule is COC1CC(Nc2ccc(C(=O)O)cc2[N+](=O)[O-])C1. The van der Waals surface area contributed by atoms with Gasteiger partial charge in [0.1, 0.15) is 5.69 Å². The Hall–Kier alpha value is -2.15. The van der Waals surface area contributed by atoms with Gasteiger partial charge in [0.15, 0.2) is 0 Å². The molecule has 1 fully saturated rings. The highest BCUT2D eigenvalue weighted by Crippen LogP contribution is 2.31. The van der Waals surface area contributed by atoms with Crippen LogP contribution in [0.5, 0.6) is 0 Å². The van der Waals surface area contributed by atoms with Crippen molar-refractivity contribution in [3.8, 4) is 0 Å². The van der Waals surface area contributed by atoms with Crippen molar-refractivity contribution in [1.29, 1.82) is 0 Å². The molecule has 1 aliphatic carbocycles. The minimum atomic E-state index is -1.18. The lowest BCUT2D eigenvalue weighted by Gasteiger charge is -2.35. The van der Waals surface area contributed by atoms with Crippen molar-refractivity contribution in [1.82, 2.24) is 0 Å². The third kappa shape index (κ3) is 2.82. The number of ether oxygens (including phenoxy) is 1. The third-order valence-corrected chi connectivity index (χ3v) is 3.23. The molecule has 0 radical (unpaired) electrons. The molecule has 1 aliphatic rings. The molecule has 0 heterocycles. The molecule has 0 aliphatic heterocycles. The van der Waals surface area contributed by atoms with Gasteiger partial charge in [0.25, 0.3) is 5.69 Å². The molecule has 0 aromatic heterocycles. The number of nitrogens with one attached hydrogen (secondary N) is 1. The summed E-state index contributed by atoms with van der Waals surface area (Å²) in [4.78, 5) is 21.2. The van der Waals surface area contributed by atoms with Crippen molar-refractivity contribution in [2.24, 2.45) is 0 Å². The van der Waals surface area contributed by atoms with Crippen molar-refractivity contribution in [3.05, 3.63) is 33.9 Å². The van der Waals surface area contributed by atoms with Gasteiger partial charge in [-0.3, -0.25) is 10.1 Å². The average Bonchev–Trinajstić information content (AvgIpc) is 2.32. The van der Waals surface area contributed by atoms with E-state index >= 15 is 0 Å². The standard InChI is InChI=1S/C12H14N2O5/c1-19-9-5-8(6-9)13-10-3-2-7(12(15)16)4-11(10)14(17)18/h2-4,8-9,13H,5-6H2,1H3,(H,15,16). The van der Waals surface area contributed by atoms with Gasteiger partial charge in [0, 0.05) is 19.2 Å². The second-order valence-corrected chi connectivity index (χ2v) is 4.46. The number of carbonyl (C=O) groups is 1. The van der Waals surface area contributed by atoms with Crippen LogP contribution in [0.1, 0.15) is 23.2 Å². The Balaban J connectivity index is 2.16. The van der Waals surface area contributed by atoms with E-state index in [0.29, 0.717) is 5.69 Å². The number of hydrogen-bond donors (Lipinski definition) is 2. The van der Waals surface area contributed by atoms with Gasteiger partial charge in [-0.2, -0.15) is 0 Å². The van der Waals surface area contributed by atoms with E-state index in [1.165, 1.54) is 12.1 Å². The number of carboxylic acid groups (broad SMARTS) is 1. The van der Waals surface area contributed by atoms with E-state index in [0.717, 1.165) is 18.9 Å². The summed E-state index contributed by atoms with van der Waals surface area (Å²) in [5.41, 5.74) is 0.0240. The molecule has 0 spiro atoms. The van der Waals surface area contributed by atoms with E-state index in [9.17, 15) is 14.9 Å². The topological polar surface area (TPSA) is 102 Å². The molecule has 7 heteroatoms. The molecule has 0 unspecified atom stereocenters. The van der Waals surface area contributed by atoms with E-state index in [4.69, 9.17) is 9.84 Å². The lowest BCUT2D eigenvalue weighted by Crippen LogP contribution is -2.40. The first-order chi connectivity index (χ1) is 9.01. The minimum absolute atomic E-state index is 0.0966. The van der Waals surface area contributed by atoms with Crippen molar-refractivity contribution in [2.45, 2.75) is 25.0 Å². The van der Waals surface area contributed by atoms with E-state index in [2.05, 4.69) is 5.32 Å². The molecule has 0 bridgehead atoms. The fourth-order valence-electron chi connectivity index (χ4n) is 2.03. The number of carboxylic acids is 1. The van der Waals surface area contributed by atoms with Crippen LogP contribution in [0, 0.1) is 10.1 Å². The van der Waals surface area contributed by atoms with Crippen LogP contribution >= 0.6 is 0 Å². The summed E-state index contributed by atoms with van der Waals surface area (Å²) >= 11 is 0. The van der Waals surface area contributed by atoms with Crippen molar-refractivity contribution in [3.63, 3.8) is 0 Å². The fourth-order valence-corrected chi connectivity index (χ4v) is 2.03. The van der Waals surface area contributed by atoms with Gasteiger partial charge in [-0.05, 0) is 25.0 Å². The van der Waals surface area contributed by atoms with Gasteiger partial charge in [0.05, 0.1) is 16.6 Å². The molecule has 1 saturated carbocycles. The van der Waals surface area contributed by atoms with E-state index in [1.807, 2.05) is 0 Å². The maximum atomic E-state index is 11.0. The number of nitrogens with zero attached hydrogens (tertiary/aromatic N) is 1. The van der Waals surface area contributed by atoms with Crippen LogP contribution in [-0.2, 0) is 4.74 Å². The Labute approximate surface area is 109 Å². The zero-order valence-corrected chi connectivity index (χ0v) is 10.3. The second kappa shape index (κ2) is 5.23. The minimum Gasteiger partial charge on any atom is -0.478 e. The Morgan fingerprint density at radius 2 is 2.21 bits per heavy atom. The van der Waals surface area contributed by atoms with Crippen LogP contribution in [-0.4, -0.2) is 35.3 Å². The number of nitro groups is 1. The monoisotopic (exact) mass is 266 g/mol. The molecule has 1 aromatic carbocycles. The predicted octanol–water partition coefficient (Wildman–Crippen LogP) is 1.88. The molecule has 0 amide bonds. The number of methoxy groups -OCH3 is 1. The highest BCUT2D eigenvalue weighted by Gasteiger charge is 2.30. The molecule has 19 heavy (non-hydrogen) atoms. The summed E-state index contributed by atoms with van der Waals surface area (Å²) in [6, 6.07) is 3.97. The molecular weight excluding hydrogens is 252 g/mol. The van der Waals surface area contributed by atoms with E-state index in [1.54, 1.807) is 7.11 Å². The molecule has 0 saturated heterocycles. The highest BCUT2D eigenvalue weighted by molar-refractivity contribution is 5.89. The molecule has 1 aromatic rings. The number of nitro benzene ring substituents is 1. The maximum Gasteiger partial charge on any atom is 0.335 e. The largest absolute Gasteiger partial charge is 0.478 e. The highest BCUT2D eigenvalue weighted by atomic mass is 16.6. The quantitative estimate of drug-likeness (QED) is 0.623. The number of benzene rings is 1. The Morgan fingerprint density at radius 3 is 2.74 bits per heavy atom. The first-order valence-electron chi connectivity index (χ1n) is 5.82. The van der Waals surface area contributed by atoms with Crippen molar-refractivity contribution < 1.29 is 19.6 Å². The van der Waals surface area contributed by atoms with Crippen LogP contribution < -0.4 is 5.32 Å². The third-order valence-electron chi connectivity index (χ3n) is 3.23. The fraction of sp³-hybridized carbons (Fsp3) is 0.417. The van der Waals surface area contributed by atoms with Gasteiger partial charge in [0.2, 0.25) is 0 Å². The smallest absolute Gasteiger partial charge is 0.335 e. The first-order valence-corrected chi connectivity index (χ1v) is 5.82. The van der Waals surface area contributed by atoms with Gasteiger partial charge >= 0.3 is 5.97 Å². The summed E-state index contributed by atoms with van der Waals surface area (Å²) in [7, 11) is 1.63. The second-order valence-electron chi connectivity index (χ2n) is 4.46. The molecule has 7 nitrogen and oxygen atoms in total. The van der Waals surface area contributed by atoms with Crippen LogP contribution in [0.3, 0.4) is 0 Å². The molecule has 102 valence electrons. The first kappa shape index (κ1) is 13.3. The summed E-state index contributed by atoms with van der Waals surface area (Å²) in [5.74, 6) is -1.18. The number of anilines is 1. The Morgan fingerprint density at radius 1 is 1.53 bits per heavy atom. The zero-order valence-electron chi connectivity index (χ0n) is 10.3. The summed E-state index contributed by atoms with van der Waals surface area (Å²) in [6.45, 7) is 0. The number of aromatic carboxylic acids is 1. The summed E-state index contributed by atoms with van der Waals surface area (Å²) < 4.78 is 5.13. The van der Waals surface area contributed by atoms with Crippen molar-refractivity contribution in [2.75, 3.05) is 12.4 Å². The lowest BCUT2D eigenvalue weighted by atomic mass is 9.89. The number of hydrogen-bond acceptors (Lipinski definition) is 5. The maximum absolute atomic E-state index is 11.0. The molecule has 2 rings (SSSR count). The molecule has 2 N–H and O–H groups in total. The van der Waals surface area contributed by atoms with Gasteiger partial charge < -0.3 is 15.2 Å². The number of rotatable bonds is 5. The Kier molecular flexibility index (Phi) is 3.66. The van der Waals surface area contributed by atoms with Gasteiger partial charge in [-0.25, -0.2) is 4.79 Å². The molecular formula is C12H14N2O5. The normalized spacial score (nSPS) is 21.5. The van der Waals surface area contributed by atoms with Crippen LogP contribution in [0.15, 0.2) is 18.2 Å². The zero-order chi connectivity index (χ0) is 14.0. The van der Waals surface area contributed by atoms with E-state index < -0.39 is 10.9 Å².